The SMILES string of the molecule is COc1ccc(C(=O)NCc2ccc(OC)c(C(=O)O)c2)cc1. The number of benzene rings is 2. The molecule has 120 valence electrons. The van der Waals surface area contributed by atoms with Gasteiger partial charge >= 0.3 is 5.97 Å². The van der Waals surface area contributed by atoms with Gasteiger partial charge in [0.2, 0.25) is 0 Å². The summed E-state index contributed by atoms with van der Waals surface area (Å²) >= 11 is 0. The van der Waals surface area contributed by atoms with Crippen LogP contribution in [0.1, 0.15) is 26.3 Å². The molecule has 2 N–H and O–H groups in total. The molecule has 6 heteroatoms. The van der Waals surface area contributed by atoms with Crippen molar-refractivity contribution in [2.24, 2.45) is 0 Å². The number of methoxy groups -OCH3 is 2. The zero-order valence-corrected chi connectivity index (χ0v) is 12.8. The number of aromatic carboxylic acids is 1. The van der Waals surface area contributed by atoms with Crippen molar-refractivity contribution in [2.45, 2.75) is 6.54 Å². The molecule has 0 aliphatic carbocycles. The van der Waals surface area contributed by atoms with Crippen LogP contribution in [-0.4, -0.2) is 31.2 Å². The highest BCUT2D eigenvalue weighted by molar-refractivity contribution is 5.94. The number of carboxylic acid groups (broad SMARTS) is 1. The number of ether oxygens (including phenoxy) is 2. The number of hydrogen-bond donors (Lipinski definition) is 2. The molecule has 0 aliphatic rings. The van der Waals surface area contributed by atoms with Gasteiger partial charge in [-0.3, -0.25) is 4.79 Å². The van der Waals surface area contributed by atoms with Gasteiger partial charge in [-0.15, -0.1) is 0 Å². The first-order valence-corrected chi connectivity index (χ1v) is 6.87. The Bertz CT molecular complexity index is 709. The van der Waals surface area contributed by atoms with Crippen LogP contribution in [0.4, 0.5) is 0 Å². The average Bonchev–Trinajstić information content (AvgIpc) is 2.59. The van der Waals surface area contributed by atoms with Crippen LogP contribution in [0.15, 0.2) is 42.5 Å². The van der Waals surface area contributed by atoms with Crippen LogP contribution >= 0.6 is 0 Å². The van der Waals surface area contributed by atoms with Crippen molar-refractivity contribution in [2.75, 3.05) is 14.2 Å². The second kappa shape index (κ2) is 7.31. The molecule has 0 aromatic heterocycles. The number of carbonyl (C=O) groups is 2. The predicted octanol–water partition coefficient (Wildman–Crippen LogP) is 2.33. The fourth-order valence-electron chi connectivity index (χ4n) is 2.06. The molecule has 0 radical (unpaired) electrons. The quantitative estimate of drug-likeness (QED) is 0.854. The predicted molar refractivity (Wildman–Crippen MR) is 84.1 cm³/mol. The highest BCUT2D eigenvalue weighted by atomic mass is 16.5. The van der Waals surface area contributed by atoms with Gasteiger partial charge < -0.3 is 19.9 Å². The molecule has 0 aliphatic heterocycles. The lowest BCUT2D eigenvalue weighted by molar-refractivity contribution is 0.0693. The minimum Gasteiger partial charge on any atom is -0.497 e. The van der Waals surface area contributed by atoms with Gasteiger partial charge in [0.15, 0.2) is 0 Å². The van der Waals surface area contributed by atoms with Crippen LogP contribution in [0.25, 0.3) is 0 Å². The van der Waals surface area contributed by atoms with E-state index in [0.29, 0.717) is 16.9 Å². The van der Waals surface area contributed by atoms with Crippen LogP contribution in [0, 0.1) is 0 Å². The van der Waals surface area contributed by atoms with E-state index in [-0.39, 0.29) is 23.8 Å². The summed E-state index contributed by atoms with van der Waals surface area (Å²) < 4.78 is 10.0. The molecule has 0 spiro atoms. The van der Waals surface area contributed by atoms with E-state index >= 15 is 0 Å². The van der Waals surface area contributed by atoms with Gasteiger partial charge in [0.1, 0.15) is 17.1 Å². The Labute approximate surface area is 133 Å². The first-order chi connectivity index (χ1) is 11.0. The summed E-state index contributed by atoms with van der Waals surface area (Å²) in [5, 5.41) is 11.9. The van der Waals surface area contributed by atoms with Gasteiger partial charge in [-0.2, -0.15) is 0 Å². The van der Waals surface area contributed by atoms with Gasteiger partial charge in [0, 0.05) is 12.1 Å². The normalized spacial score (nSPS) is 10.0. The molecule has 0 heterocycles. The summed E-state index contributed by atoms with van der Waals surface area (Å²) in [5.74, 6) is -0.379. The van der Waals surface area contributed by atoms with Crippen molar-refractivity contribution in [3.63, 3.8) is 0 Å². The Morgan fingerprint density at radius 2 is 1.74 bits per heavy atom. The van der Waals surface area contributed by atoms with E-state index < -0.39 is 5.97 Å². The summed E-state index contributed by atoms with van der Waals surface area (Å²) in [7, 11) is 2.96. The Morgan fingerprint density at radius 3 is 2.30 bits per heavy atom. The number of amides is 1. The van der Waals surface area contributed by atoms with Crippen molar-refractivity contribution < 1.29 is 24.2 Å². The van der Waals surface area contributed by atoms with E-state index in [1.165, 1.54) is 13.2 Å². The summed E-state index contributed by atoms with van der Waals surface area (Å²) in [6.07, 6.45) is 0. The second-order valence-corrected chi connectivity index (χ2v) is 4.75. The van der Waals surface area contributed by atoms with E-state index in [4.69, 9.17) is 14.6 Å². The smallest absolute Gasteiger partial charge is 0.339 e. The molecule has 23 heavy (non-hydrogen) atoms. The van der Waals surface area contributed by atoms with Crippen LogP contribution in [0.2, 0.25) is 0 Å². The van der Waals surface area contributed by atoms with Gasteiger partial charge in [-0.1, -0.05) is 6.07 Å². The highest BCUT2D eigenvalue weighted by Crippen LogP contribution is 2.20. The first kappa shape index (κ1) is 16.4. The van der Waals surface area contributed by atoms with E-state index in [2.05, 4.69) is 5.32 Å². The fraction of sp³-hybridized carbons (Fsp3) is 0.176. The van der Waals surface area contributed by atoms with Crippen molar-refractivity contribution in [3.05, 3.63) is 59.2 Å². The van der Waals surface area contributed by atoms with Crippen LogP contribution in [0.3, 0.4) is 0 Å². The standard InChI is InChI=1S/C17H17NO5/c1-22-13-6-4-12(5-7-13)16(19)18-10-11-3-8-15(23-2)14(9-11)17(20)21/h3-9H,10H2,1-2H3,(H,18,19)(H,20,21). The molecule has 0 atom stereocenters. The third kappa shape index (κ3) is 4.00. The Balaban J connectivity index is 2.06. The zero-order chi connectivity index (χ0) is 16.8. The highest BCUT2D eigenvalue weighted by Gasteiger charge is 2.12. The third-order valence-corrected chi connectivity index (χ3v) is 3.30. The number of carbonyl (C=O) groups excluding carboxylic acids is 1. The van der Waals surface area contributed by atoms with Crippen molar-refractivity contribution in [1.82, 2.24) is 5.32 Å². The topological polar surface area (TPSA) is 84.9 Å². The Kier molecular flexibility index (Phi) is 5.19. The number of nitrogens with one attached hydrogen (secondary N) is 1. The zero-order valence-electron chi connectivity index (χ0n) is 12.8. The monoisotopic (exact) mass is 315 g/mol. The van der Waals surface area contributed by atoms with Gasteiger partial charge in [0.05, 0.1) is 14.2 Å². The molecule has 0 saturated heterocycles. The van der Waals surface area contributed by atoms with Crippen LogP contribution in [-0.2, 0) is 6.54 Å². The molecular formula is C17H17NO5. The van der Waals surface area contributed by atoms with E-state index in [0.717, 1.165) is 0 Å². The second-order valence-electron chi connectivity index (χ2n) is 4.75. The number of rotatable bonds is 6. The summed E-state index contributed by atoms with van der Waals surface area (Å²) in [4.78, 5) is 23.2. The van der Waals surface area contributed by atoms with Gasteiger partial charge in [-0.05, 0) is 42.0 Å². The van der Waals surface area contributed by atoms with Crippen molar-refractivity contribution in [1.29, 1.82) is 0 Å². The summed E-state index contributed by atoms with van der Waals surface area (Å²) in [6, 6.07) is 11.5. The lowest BCUT2D eigenvalue weighted by Gasteiger charge is -2.09. The van der Waals surface area contributed by atoms with E-state index in [9.17, 15) is 9.59 Å². The molecule has 2 rings (SSSR count). The largest absolute Gasteiger partial charge is 0.497 e. The van der Waals surface area contributed by atoms with Crippen LogP contribution in [0.5, 0.6) is 11.5 Å². The summed E-state index contributed by atoms with van der Waals surface area (Å²) in [6.45, 7) is 0.217. The minimum atomic E-state index is -1.08. The maximum atomic E-state index is 12.1. The molecule has 1 amide bonds. The molecule has 0 unspecified atom stereocenters. The van der Waals surface area contributed by atoms with Crippen molar-refractivity contribution in [3.8, 4) is 11.5 Å². The molecule has 0 saturated carbocycles. The molecule has 0 bridgehead atoms. The van der Waals surface area contributed by atoms with Crippen LogP contribution < -0.4 is 14.8 Å². The van der Waals surface area contributed by atoms with Gasteiger partial charge in [0.25, 0.3) is 5.91 Å². The molecule has 6 nitrogen and oxygen atoms in total. The van der Waals surface area contributed by atoms with Gasteiger partial charge in [-0.25, -0.2) is 4.79 Å². The molecule has 2 aromatic carbocycles. The maximum absolute atomic E-state index is 12.1. The van der Waals surface area contributed by atoms with E-state index in [1.807, 2.05) is 0 Å². The molecular weight excluding hydrogens is 298 g/mol. The summed E-state index contributed by atoms with van der Waals surface area (Å²) in [5.41, 5.74) is 1.23. The number of hydrogen-bond acceptors (Lipinski definition) is 4. The average molecular weight is 315 g/mol. The minimum absolute atomic E-state index is 0.0590. The maximum Gasteiger partial charge on any atom is 0.339 e. The first-order valence-electron chi connectivity index (χ1n) is 6.87. The molecule has 0 fully saturated rings. The lowest BCUT2D eigenvalue weighted by Crippen LogP contribution is -2.22. The Hall–Kier alpha value is -3.02. The fourth-order valence-corrected chi connectivity index (χ4v) is 2.06. The van der Waals surface area contributed by atoms with E-state index in [1.54, 1.807) is 43.5 Å². The number of carboxylic acids is 1. The van der Waals surface area contributed by atoms with Crippen molar-refractivity contribution >= 4 is 11.9 Å². The lowest BCUT2D eigenvalue weighted by atomic mass is 10.1. The third-order valence-electron chi connectivity index (χ3n) is 3.30. The molecule has 2 aromatic rings. The Morgan fingerprint density at radius 1 is 1.04 bits per heavy atom.